The molecule has 31 heavy (non-hydrogen) atoms. The topological polar surface area (TPSA) is 60.0 Å². The maximum absolute atomic E-state index is 13.4. The Bertz CT molecular complexity index is 1070. The van der Waals surface area contributed by atoms with Crippen LogP contribution in [-0.2, 0) is 4.79 Å². The summed E-state index contributed by atoms with van der Waals surface area (Å²) in [6, 6.07) is 22.4. The number of hydrogen-bond donors (Lipinski definition) is 1. The molecule has 1 atom stereocenters. The van der Waals surface area contributed by atoms with Crippen molar-refractivity contribution in [2.75, 3.05) is 31.5 Å². The van der Waals surface area contributed by atoms with Gasteiger partial charge in [0.05, 0.1) is 27.4 Å². The van der Waals surface area contributed by atoms with Crippen LogP contribution in [0.5, 0.6) is 17.2 Å². The number of anilines is 2. The van der Waals surface area contributed by atoms with E-state index in [2.05, 4.69) is 5.32 Å². The second-order valence-electron chi connectivity index (χ2n) is 7.03. The Morgan fingerprint density at radius 1 is 0.710 bits per heavy atom. The summed E-state index contributed by atoms with van der Waals surface area (Å²) in [6.07, 6.45) is 1.94. The molecule has 0 fully saturated rings. The summed E-state index contributed by atoms with van der Waals surface area (Å²) in [5, 5.41) is 3.25. The molecule has 0 unspecified atom stereocenters. The zero-order valence-corrected chi connectivity index (χ0v) is 17.7. The van der Waals surface area contributed by atoms with E-state index in [0.29, 0.717) is 5.70 Å². The smallest absolute Gasteiger partial charge is 0.275 e. The molecule has 0 bridgehead atoms. The molecule has 0 saturated carbocycles. The maximum Gasteiger partial charge on any atom is 0.275 e. The third kappa shape index (κ3) is 4.19. The molecule has 6 nitrogen and oxygen atoms in total. The van der Waals surface area contributed by atoms with Crippen LogP contribution < -0.4 is 24.4 Å². The molecular weight excluding hydrogens is 392 g/mol. The molecule has 0 aromatic heterocycles. The van der Waals surface area contributed by atoms with E-state index in [4.69, 9.17) is 14.2 Å². The molecule has 1 amide bonds. The van der Waals surface area contributed by atoms with Gasteiger partial charge in [0.15, 0.2) is 0 Å². The summed E-state index contributed by atoms with van der Waals surface area (Å²) in [5.74, 6) is 2.15. The van der Waals surface area contributed by atoms with Crippen molar-refractivity contribution in [2.45, 2.75) is 6.04 Å². The Hall–Kier alpha value is -3.93. The van der Waals surface area contributed by atoms with Gasteiger partial charge in [-0.2, -0.15) is 0 Å². The highest BCUT2D eigenvalue weighted by Gasteiger charge is 2.34. The van der Waals surface area contributed by atoms with Crippen molar-refractivity contribution in [2.24, 2.45) is 0 Å². The SMILES string of the molecule is COc1ccc(NC2=C[C@@H](c3ccc(OC)cc3)N(c3ccc(OC)cc3)C2=O)cc1. The zero-order valence-electron chi connectivity index (χ0n) is 17.7. The third-order valence-corrected chi connectivity index (χ3v) is 5.23. The van der Waals surface area contributed by atoms with Crippen LogP contribution in [0.25, 0.3) is 0 Å². The lowest BCUT2D eigenvalue weighted by molar-refractivity contribution is -0.114. The first-order valence-electron chi connectivity index (χ1n) is 9.87. The van der Waals surface area contributed by atoms with E-state index in [1.165, 1.54) is 0 Å². The lowest BCUT2D eigenvalue weighted by Crippen LogP contribution is -2.30. The Kier molecular flexibility index (Phi) is 5.80. The van der Waals surface area contributed by atoms with Crippen molar-refractivity contribution in [1.82, 2.24) is 0 Å². The van der Waals surface area contributed by atoms with Gasteiger partial charge in [-0.15, -0.1) is 0 Å². The van der Waals surface area contributed by atoms with Gasteiger partial charge in [0.2, 0.25) is 0 Å². The molecule has 1 aliphatic rings. The number of carbonyl (C=O) groups is 1. The van der Waals surface area contributed by atoms with Crippen LogP contribution in [0.4, 0.5) is 11.4 Å². The zero-order chi connectivity index (χ0) is 21.8. The van der Waals surface area contributed by atoms with Crippen LogP contribution >= 0.6 is 0 Å². The summed E-state index contributed by atoms with van der Waals surface area (Å²) >= 11 is 0. The first-order chi connectivity index (χ1) is 15.1. The predicted molar refractivity (Wildman–Crippen MR) is 121 cm³/mol. The summed E-state index contributed by atoms with van der Waals surface area (Å²) in [5.41, 5.74) is 3.10. The number of benzene rings is 3. The molecule has 1 heterocycles. The highest BCUT2D eigenvalue weighted by atomic mass is 16.5. The van der Waals surface area contributed by atoms with Crippen LogP contribution in [0.3, 0.4) is 0 Å². The van der Waals surface area contributed by atoms with Crippen LogP contribution in [0, 0.1) is 0 Å². The summed E-state index contributed by atoms with van der Waals surface area (Å²) in [4.78, 5) is 15.2. The number of methoxy groups -OCH3 is 3. The maximum atomic E-state index is 13.4. The van der Waals surface area contributed by atoms with Gasteiger partial charge in [0.25, 0.3) is 5.91 Å². The highest BCUT2D eigenvalue weighted by molar-refractivity contribution is 6.11. The van der Waals surface area contributed by atoms with E-state index in [-0.39, 0.29) is 11.9 Å². The predicted octanol–water partition coefficient (Wildman–Crippen LogP) is 4.80. The third-order valence-electron chi connectivity index (χ3n) is 5.23. The van der Waals surface area contributed by atoms with Gasteiger partial charge in [0.1, 0.15) is 22.9 Å². The standard InChI is InChI=1S/C25H24N2O4/c1-29-20-10-4-17(5-11-20)24-16-23(26-18-6-12-21(30-2)13-7-18)25(28)27(24)19-8-14-22(31-3)15-9-19/h4-16,24,26H,1-3H3/t24-/m0/s1. The van der Waals surface area contributed by atoms with Gasteiger partial charge < -0.3 is 19.5 Å². The number of rotatable bonds is 7. The quantitative estimate of drug-likeness (QED) is 0.600. The number of ether oxygens (including phenoxy) is 3. The van der Waals surface area contributed by atoms with E-state index >= 15 is 0 Å². The molecule has 3 aromatic carbocycles. The normalized spacial score (nSPS) is 15.5. The minimum absolute atomic E-state index is 0.109. The van der Waals surface area contributed by atoms with E-state index in [9.17, 15) is 4.79 Å². The van der Waals surface area contributed by atoms with E-state index in [1.807, 2.05) is 78.9 Å². The van der Waals surface area contributed by atoms with Gasteiger partial charge >= 0.3 is 0 Å². The van der Waals surface area contributed by atoms with Crippen molar-refractivity contribution in [3.8, 4) is 17.2 Å². The molecule has 0 radical (unpaired) electrons. The van der Waals surface area contributed by atoms with Gasteiger partial charge in [-0.25, -0.2) is 0 Å². The summed E-state index contributed by atoms with van der Waals surface area (Å²) < 4.78 is 15.7. The average Bonchev–Trinajstić information content (AvgIpc) is 3.15. The minimum atomic E-state index is -0.257. The fourth-order valence-corrected chi connectivity index (χ4v) is 3.55. The van der Waals surface area contributed by atoms with Crippen molar-refractivity contribution in [3.05, 3.63) is 90.1 Å². The van der Waals surface area contributed by atoms with Gasteiger partial charge in [0, 0.05) is 11.4 Å². The van der Waals surface area contributed by atoms with Gasteiger partial charge in [-0.3, -0.25) is 9.69 Å². The first-order valence-corrected chi connectivity index (χ1v) is 9.87. The summed E-state index contributed by atoms with van der Waals surface area (Å²) in [7, 11) is 4.88. The average molecular weight is 416 g/mol. The number of nitrogens with one attached hydrogen (secondary N) is 1. The van der Waals surface area contributed by atoms with E-state index in [1.54, 1.807) is 26.2 Å². The molecule has 3 aromatic rings. The van der Waals surface area contributed by atoms with E-state index in [0.717, 1.165) is 34.2 Å². The molecule has 1 aliphatic heterocycles. The van der Waals surface area contributed by atoms with Crippen LogP contribution in [0.1, 0.15) is 11.6 Å². The van der Waals surface area contributed by atoms with Crippen molar-refractivity contribution >= 4 is 17.3 Å². The highest BCUT2D eigenvalue weighted by Crippen LogP contribution is 2.37. The summed E-state index contributed by atoms with van der Waals surface area (Å²) in [6.45, 7) is 0. The Morgan fingerprint density at radius 3 is 1.71 bits per heavy atom. The molecule has 4 rings (SSSR count). The van der Waals surface area contributed by atoms with Gasteiger partial charge in [-0.05, 0) is 72.3 Å². The number of hydrogen-bond acceptors (Lipinski definition) is 5. The Balaban J connectivity index is 1.68. The Labute approximate surface area is 181 Å². The lowest BCUT2D eigenvalue weighted by Gasteiger charge is -2.25. The second-order valence-corrected chi connectivity index (χ2v) is 7.03. The fraction of sp³-hybridized carbons (Fsp3) is 0.160. The van der Waals surface area contributed by atoms with Gasteiger partial charge in [-0.1, -0.05) is 12.1 Å². The van der Waals surface area contributed by atoms with Crippen LogP contribution in [0.15, 0.2) is 84.6 Å². The second kappa shape index (κ2) is 8.83. The molecular formula is C25H24N2O4. The first kappa shape index (κ1) is 20.3. The lowest BCUT2D eigenvalue weighted by atomic mass is 10.1. The molecule has 0 spiro atoms. The monoisotopic (exact) mass is 416 g/mol. The number of nitrogens with zero attached hydrogens (tertiary/aromatic N) is 1. The molecule has 0 aliphatic carbocycles. The number of amides is 1. The molecule has 0 saturated heterocycles. The van der Waals surface area contributed by atoms with Crippen LogP contribution in [0.2, 0.25) is 0 Å². The fourth-order valence-electron chi connectivity index (χ4n) is 3.55. The molecule has 1 N–H and O–H groups in total. The largest absolute Gasteiger partial charge is 0.497 e. The molecule has 158 valence electrons. The van der Waals surface area contributed by atoms with Crippen LogP contribution in [-0.4, -0.2) is 27.2 Å². The number of carbonyl (C=O) groups excluding carboxylic acids is 1. The molecule has 6 heteroatoms. The van der Waals surface area contributed by atoms with E-state index < -0.39 is 0 Å². The van der Waals surface area contributed by atoms with Crippen molar-refractivity contribution in [1.29, 1.82) is 0 Å². The van der Waals surface area contributed by atoms with Crippen molar-refractivity contribution < 1.29 is 19.0 Å². The minimum Gasteiger partial charge on any atom is -0.497 e. The van der Waals surface area contributed by atoms with Crippen molar-refractivity contribution in [3.63, 3.8) is 0 Å². The Morgan fingerprint density at radius 2 is 1.19 bits per heavy atom.